The summed E-state index contributed by atoms with van der Waals surface area (Å²) in [5, 5.41) is 6.09. The number of rotatable bonds is 4. The molecule has 1 aliphatic rings. The van der Waals surface area contributed by atoms with Crippen molar-refractivity contribution in [1.82, 2.24) is 10.6 Å². The molecule has 0 bridgehead atoms. The van der Waals surface area contributed by atoms with Crippen LogP contribution >= 0.6 is 0 Å². The molecule has 1 saturated heterocycles. The number of hydrogen-bond acceptors (Lipinski definition) is 3. The maximum absolute atomic E-state index is 11.5. The minimum Gasteiger partial charge on any atom is -0.448 e. The van der Waals surface area contributed by atoms with Crippen LogP contribution in [0.1, 0.15) is 24.8 Å². The van der Waals surface area contributed by atoms with Crippen LogP contribution in [0.5, 0.6) is 0 Å². The second kappa shape index (κ2) is 7.01. The Morgan fingerprint density at radius 3 is 2.89 bits per heavy atom. The number of ether oxygens (including phenoxy) is 1. The average molecular weight is 248 g/mol. The first-order valence-electron chi connectivity index (χ1n) is 6.52. The van der Waals surface area contributed by atoms with Crippen molar-refractivity contribution >= 4 is 6.09 Å². The van der Waals surface area contributed by atoms with Crippen LogP contribution in [-0.2, 0) is 11.3 Å². The molecule has 1 atom stereocenters. The van der Waals surface area contributed by atoms with E-state index in [9.17, 15) is 4.79 Å². The van der Waals surface area contributed by atoms with E-state index in [2.05, 4.69) is 10.6 Å². The van der Waals surface area contributed by atoms with E-state index >= 15 is 0 Å². The van der Waals surface area contributed by atoms with Crippen molar-refractivity contribution in [2.75, 3.05) is 13.2 Å². The molecule has 4 nitrogen and oxygen atoms in total. The van der Waals surface area contributed by atoms with E-state index in [-0.39, 0.29) is 6.09 Å². The van der Waals surface area contributed by atoms with Gasteiger partial charge in [0.2, 0.25) is 0 Å². The Labute approximate surface area is 108 Å². The molecule has 0 spiro atoms. The lowest BCUT2D eigenvalue weighted by molar-refractivity contribution is 0.127. The summed E-state index contributed by atoms with van der Waals surface area (Å²) in [5.41, 5.74) is 1.07. The highest BCUT2D eigenvalue weighted by atomic mass is 16.5. The summed E-state index contributed by atoms with van der Waals surface area (Å²) < 4.78 is 5.19. The fraction of sp³-hybridized carbons (Fsp3) is 0.500. The zero-order valence-corrected chi connectivity index (χ0v) is 10.5. The molecule has 1 amide bonds. The number of nitrogens with one attached hydrogen (secondary N) is 2. The highest BCUT2D eigenvalue weighted by molar-refractivity contribution is 5.67. The topological polar surface area (TPSA) is 50.4 Å². The number of amides is 1. The van der Waals surface area contributed by atoms with Gasteiger partial charge >= 0.3 is 6.09 Å². The number of carbonyl (C=O) groups is 1. The Hall–Kier alpha value is -1.55. The van der Waals surface area contributed by atoms with Crippen molar-refractivity contribution in [3.8, 4) is 0 Å². The lowest BCUT2D eigenvalue weighted by atomic mass is 10.1. The van der Waals surface area contributed by atoms with Crippen molar-refractivity contribution in [3.63, 3.8) is 0 Å². The summed E-state index contributed by atoms with van der Waals surface area (Å²) >= 11 is 0. The fourth-order valence-electron chi connectivity index (χ4n) is 2.06. The lowest BCUT2D eigenvalue weighted by Crippen LogP contribution is -2.39. The predicted molar refractivity (Wildman–Crippen MR) is 70.3 cm³/mol. The quantitative estimate of drug-likeness (QED) is 0.857. The third kappa shape index (κ3) is 4.37. The highest BCUT2D eigenvalue weighted by Gasteiger charge is 2.14. The molecule has 0 aliphatic carbocycles. The van der Waals surface area contributed by atoms with E-state index in [1.54, 1.807) is 0 Å². The fourth-order valence-corrected chi connectivity index (χ4v) is 2.06. The van der Waals surface area contributed by atoms with Gasteiger partial charge in [-0.3, -0.25) is 0 Å². The van der Waals surface area contributed by atoms with Gasteiger partial charge in [0, 0.05) is 12.6 Å². The molecule has 2 rings (SSSR count). The van der Waals surface area contributed by atoms with Gasteiger partial charge in [0.25, 0.3) is 0 Å². The molecule has 1 aromatic carbocycles. The van der Waals surface area contributed by atoms with Crippen molar-refractivity contribution in [1.29, 1.82) is 0 Å². The predicted octanol–water partition coefficient (Wildman–Crippen LogP) is 2.05. The average Bonchev–Trinajstić information content (AvgIpc) is 2.45. The standard InChI is InChI=1S/C14H20N2O2/c17-14(16-10-12-6-2-1-3-7-12)18-11-13-8-4-5-9-15-13/h1-3,6-7,13,15H,4-5,8-11H2,(H,16,17)/t13-/m1/s1. The number of hydrogen-bond donors (Lipinski definition) is 2. The van der Waals surface area contributed by atoms with Crippen LogP contribution in [0, 0.1) is 0 Å². The molecular weight excluding hydrogens is 228 g/mol. The van der Waals surface area contributed by atoms with Gasteiger partial charge < -0.3 is 15.4 Å². The van der Waals surface area contributed by atoms with E-state index in [1.807, 2.05) is 30.3 Å². The van der Waals surface area contributed by atoms with Crippen LogP contribution < -0.4 is 10.6 Å². The Morgan fingerprint density at radius 2 is 2.17 bits per heavy atom. The maximum atomic E-state index is 11.5. The molecule has 0 unspecified atom stereocenters. The highest BCUT2D eigenvalue weighted by Crippen LogP contribution is 2.07. The Balaban J connectivity index is 1.63. The van der Waals surface area contributed by atoms with E-state index in [0.717, 1.165) is 18.5 Å². The molecule has 0 radical (unpaired) electrons. The van der Waals surface area contributed by atoms with Gasteiger partial charge in [-0.05, 0) is 24.9 Å². The largest absolute Gasteiger partial charge is 0.448 e. The van der Waals surface area contributed by atoms with Crippen molar-refractivity contribution in [2.45, 2.75) is 31.8 Å². The zero-order chi connectivity index (χ0) is 12.6. The summed E-state index contributed by atoms with van der Waals surface area (Å²) in [4.78, 5) is 11.5. The van der Waals surface area contributed by atoms with E-state index < -0.39 is 0 Å². The molecule has 98 valence electrons. The molecule has 1 heterocycles. The third-order valence-electron chi connectivity index (χ3n) is 3.11. The van der Waals surface area contributed by atoms with E-state index in [0.29, 0.717) is 19.2 Å². The molecule has 1 aromatic rings. The van der Waals surface area contributed by atoms with Crippen LogP contribution in [0.4, 0.5) is 4.79 Å². The van der Waals surface area contributed by atoms with Gasteiger partial charge in [0.05, 0.1) is 0 Å². The monoisotopic (exact) mass is 248 g/mol. The SMILES string of the molecule is O=C(NCc1ccccc1)OC[C@H]1CCCCN1. The Bertz CT molecular complexity index is 361. The van der Waals surface area contributed by atoms with Crippen molar-refractivity contribution < 1.29 is 9.53 Å². The first-order chi connectivity index (χ1) is 8.84. The van der Waals surface area contributed by atoms with E-state index in [1.165, 1.54) is 12.8 Å². The first-order valence-corrected chi connectivity index (χ1v) is 6.52. The summed E-state index contributed by atoms with van der Waals surface area (Å²) in [6, 6.07) is 10.1. The van der Waals surface area contributed by atoms with Gasteiger partial charge in [0.15, 0.2) is 0 Å². The number of alkyl carbamates (subject to hydrolysis) is 1. The maximum Gasteiger partial charge on any atom is 0.407 e. The molecule has 0 aromatic heterocycles. The normalized spacial score (nSPS) is 19.2. The molecule has 2 N–H and O–H groups in total. The van der Waals surface area contributed by atoms with Crippen LogP contribution in [-0.4, -0.2) is 25.3 Å². The van der Waals surface area contributed by atoms with E-state index in [4.69, 9.17) is 4.74 Å². The number of carbonyl (C=O) groups excluding carboxylic acids is 1. The molecule has 18 heavy (non-hydrogen) atoms. The smallest absolute Gasteiger partial charge is 0.407 e. The number of piperidine rings is 1. The zero-order valence-electron chi connectivity index (χ0n) is 10.5. The first kappa shape index (κ1) is 12.9. The second-order valence-corrected chi connectivity index (χ2v) is 4.58. The lowest BCUT2D eigenvalue weighted by Gasteiger charge is -2.22. The van der Waals surface area contributed by atoms with Gasteiger partial charge in [-0.1, -0.05) is 36.8 Å². The molecule has 4 heteroatoms. The summed E-state index contributed by atoms with van der Waals surface area (Å²) in [7, 11) is 0. The van der Waals surface area contributed by atoms with Crippen LogP contribution in [0.15, 0.2) is 30.3 Å². The second-order valence-electron chi connectivity index (χ2n) is 4.58. The summed E-state index contributed by atoms with van der Waals surface area (Å²) in [6.45, 7) is 2.00. The third-order valence-corrected chi connectivity index (χ3v) is 3.11. The Kier molecular flexibility index (Phi) is 5.02. The van der Waals surface area contributed by atoms with Crippen LogP contribution in [0.3, 0.4) is 0 Å². The van der Waals surface area contributed by atoms with Gasteiger partial charge in [-0.2, -0.15) is 0 Å². The van der Waals surface area contributed by atoms with Gasteiger partial charge in [-0.15, -0.1) is 0 Å². The molecule has 1 fully saturated rings. The number of benzene rings is 1. The summed E-state index contributed by atoms with van der Waals surface area (Å²) in [6.07, 6.45) is 3.18. The van der Waals surface area contributed by atoms with Crippen molar-refractivity contribution in [2.24, 2.45) is 0 Å². The summed E-state index contributed by atoms with van der Waals surface area (Å²) in [5.74, 6) is 0. The van der Waals surface area contributed by atoms with Crippen LogP contribution in [0.2, 0.25) is 0 Å². The van der Waals surface area contributed by atoms with Gasteiger partial charge in [0.1, 0.15) is 6.61 Å². The Morgan fingerprint density at radius 1 is 1.33 bits per heavy atom. The minimum atomic E-state index is -0.341. The van der Waals surface area contributed by atoms with Gasteiger partial charge in [-0.25, -0.2) is 4.79 Å². The minimum absolute atomic E-state index is 0.321. The van der Waals surface area contributed by atoms with Crippen LogP contribution in [0.25, 0.3) is 0 Å². The molecule has 0 saturated carbocycles. The molecular formula is C14H20N2O2. The molecule has 1 aliphatic heterocycles. The van der Waals surface area contributed by atoms with Crippen molar-refractivity contribution in [3.05, 3.63) is 35.9 Å².